The molecular weight excluding hydrogens is 304 g/mol. The maximum Gasteiger partial charge on any atom is 0.129 e. The van der Waals surface area contributed by atoms with Crippen LogP contribution in [0.15, 0.2) is 24.8 Å². The molecule has 0 spiro atoms. The first-order valence-corrected chi connectivity index (χ1v) is 8.67. The molecule has 4 rings (SSSR count). The highest BCUT2D eigenvalue weighted by atomic mass is 16.5. The average molecular weight is 328 g/mol. The summed E-state index contributed by atoms with van der Waals surface area (Å²) in [4.78, 5) is 10.7. The van der Waals surface area contributed by atoms with E-state index in [1.165, 1.54) is 11.3 Å². The zero-order valence-electron chi connectivity index (χ0n) is 14.1. The van der Waals surface area contributed by atoms with Gasteiger partial charge >= 0.3 is 0 Å². The van der Waals surface area contributed by atoms with Gasteiger partial charge in [-0.05, 0) is 18.9 Å². The van der Waals surface area contributed by atoms with Gasteiger partial charge in [-0.2, -0.15) is 5.10 Å². The van der Waals surface area contributed by atoms with Crippen molar-refractivity contribution in [2.75, 3.05) is 31.6 Å². The number of aryl methyl sites for hydroxylation is 1. The monoisotopic (exact) mass is 328 g/mol. The molecule has 2 aromatic heterocycles. The van der Waals surface area contributed by atoms with Crippen LogP contribution in [0.3, 0.4) is 0 Å². The first-order valence-electron chi connectivity index (χ1n) is 8.67. The maximum absolute atomic E-state index is 6.02. The lowest BCUT2D eigenvalue weighted by Gasteiger charge is -2.35. The minimum Gasteiger partial charge on any atom is -0.372 e. The molecule has 0 aliphatic carbocycles. The molecule has 0 amide bonds. The van der Waals surface area contributed by atoms with Crippen molar-refractivity contribution in [2.45, 2.75) is 31.4 Å². The highest BCUT2D eigenvalue weighted by Gasteiger charge is 2.28. The molecule has 7 heteroatoms. The lowest BCUT2D eigenvalue weighted by atomic mass is 10.0. The van der Waals surface area contributed by atoms with Gasteiger partial charge in [0.05, 0.1) is 18.9 Å². The Morgan fingerprint density at radius 3 is 3.00 bits per heavy atom. The van der Waals surface area contributed by atoms with E-state index in [0.29, 0.717) is 6.04 Å². The summed E-state index contributed by atoms with van der Waals surface area (Å²) < 4.78 is 8.00. The van der Waals surface area contributed by atoms with Crippen LogP contribution in [0.25, 0.3) is 0 Å². The smallest absolute Gasteiger partial charge is 0.129 e. The fourth-order valence-electron chi connectivity index (χ4n) is 3.67. The minimum atomic E-state index is 0.161. The first kappa shape index (κ1) is 15.5. The zero-order chi connectivity index (χ0) is 16.4. The van der Waals surface area contributed by atoms with Crippen molar-refractivity contribution in [1.29, 1.82) is 0 Å². The van der Waals surface area contributed by atoms with E-state index < -0.39 is 0 Å². The number of aromatic nitrogens is 4. The van der Waals surface area contributed by atoms with Gasteiger partial charge in [-0.15, -0.1) is 0 Å². The summed E-state index contributed by atoms with van der Waals surface area (Å²) in [5, 5.41) is 7.90. The topological polar surface area (TPSA) is 68.1 Å². The van der Waals surface area contributed by atoms with E-state index in [2.05, 4.69) is 25.3 Å². The molecule has 1 atom stereocenters. The summed E-state index contributed by atoms with van der Waals surface area (Å²) in [5.74, 6) is 0.916. The summed E-state index contributed by atoms with van der Waals surface area (Å²) in [6.07, 6.45) is 8.71. The van der Waals surface area contributed by atoms with Crippen LogP contribution in [0, 0.1) is 0 Å². The molecule has 2 aliphatic heterocycles. The number of likely N-dealkylation sites (tertiary alicyclic amines) is 1. The highest BCUT2D eigenvalue weighted by Crippen LogP contribution is 2.28. The van der Waals surface area contributed by atoms with Crippen LogP contribution in [0.1, 0.15) is 30.2 Å². The van der Waals surface area contributed by atoms with Gasteiger partial charge in [-0.3, -0.25) is 4.68 Å². The van der Waals surface area contributed by atoms with Crippen LogP contribution >= 0.6 is 0 Å². The third kappa shape index (κ3) is 3.27. The molecule has 4 heterocycles. The number of hydrogen-bond acceptors (Lipinski definition) is 6. The molecule has 7 nitrogen and oxygen atoms in total. The van der Waals surface area contributed by atoms with Gasteiger partial charge in [0.2, 0.25) is 0 Å². The summed E-state index contributed by atoms with van der Waals surface area (Å²) in [7, 11) is 2.02. The molecular formula is C17H24N6O. The molecule has 2 aromatic rings. The molecule has 0 radical (unpaired) electrons. The Morgan fingerprint density at radius 1 is 1.33 bits per heavy atom. The van der Waals surface area contributed by atoms with Crippen molar-refractivity contribution < 1.29 is 4.74 Å². The fraction of sp³-hybridized carbons (Fsp3) is 0.588. The summed E-state index contributed by atoms with van der Waals surface area (Å²) in [5.41, 5.74) is 2.59. The van der Waals surface area contributed by atoms with Gasteiger partial charge in [0, 0.05) is 56.6 Å². The number of rotatable bonds is 4. The Bertz CT molecular complexity index is 665. The molecule has 128 valence electrons. The Labute approximate surface area is 142 Å². The average Bonchev–Trinajstić information content (AvgIpc) is 3.00. The molecule has 24 heavy (non-hydrogen) atoms. The van der Waals surface area contributed by atoms with Gasteiger partial charge in [0.15, 0.2) is 0 Å². The number of anilines is 1. The first-order chi connectivity index (χ1) is 11.8. The Morgan fingerprint density at radius 2 is 2.21 bits per heavy atom. The third-order valence-electron chi connectivity index (χ3n) is 5.04. The third-order valence-corrected chi connectivity index (χ3v) is 5.04. The van der Waals surface area contributed by atoms with Crippen LogP contribution < -0.4 is 5.32 Å². The summed E-state index contributed by atoms with van der Waals surface area (Å²) in [6.45, 7) is 3.91. The maximum atomic E-state index is 6.02. The zero-order valence-corrected chi connectivity index (χ0v) is 14.1. The summed E-state index contributed by atoms with van der Waals surface area (Å²) >= 11 is 0. The van der Waals surface area contributed by atoms with Crippen LogP contribution in [0.2, 0.25) is 0 Å². The molecule has 1 unspecified atom stereocenters. The van der Waals surface area contributed by atoms with Crippen molar-refractivity contribution in [3.8, 4) is 0 Å². The normalized spacial score (nSPS) is 22.3. The van der Waals surface area contributed by atoms with Crippen LogP contribution in [-0.4, -0.2) is 56.9 Å². The predicted octanol–water partition coefficient (Wildman–Crippen LogP) is 1.40. The van der Waals surface area contributed by atoms with Crippen molar-refractivity contribution in [3.05, 3.63) is 36.0 Å². The number of fused-ring (bicyclic) bond motifs is 1. The van der Waals surface area contributed by atoms with Crippen molar-refractivity contribution in [1.82, 2.24) is 24.6 Å². The van der Waals surface area contributed by atoms with Gasteiger partial charge in [0.1, 0.15) is 12.1 Å². The summed E-state index contributed by atoms with van der Waals surface area (Å²) in [6, 6.07) is 2.41. The van der Waals surface area contributed by atoms with Crippen molar-refractivity contribution >= 4 is 5.82 Å². The molecule has 1 saturated heterocycles. The molecule has 0 bridgehead atoms. The Hall–Kier alpha value is -1.99. The lowest BCUT2D eigenvalue weighted by molar-refractivity contribution is 0.0106. The van der Waals surface area contributed by atoms with Gasteiger partial charge < -0.3 is 15.0 Å². The SMILES string of the molecule is Cn1ncc2c1CCOC2CN1CCC(Nc2ccncn2)CC1. The predicted molar refractivity (Wildman–Crippen MR) is 90.7 cm³/mol. The van der Waals surface area contributed by atoms with Gasteiger partial charge in [-0.1, -0.05) is 0 Å². The van der Waals surface area contributed by atoms with Crippen LogP contribution in [0.5, 0.6) is 0 Å². The highest BCUT2D eigenvalue weighted by molar-refractivity contribution is 5.33. The van der Waals surface area contributed by atoms with E-state index in [9.17, 15) is 0 Å². The number of ether oxygens (including phenoxy) is 1. The standard InChI is InChI=1S/C17H24N6O/c1-22-15-5-9-24-16(14(15)10-20-22)11-23-7-3-13(4-8-23)21-17-2-6-18-12-19-17/h2,6,10,12-13,16H,3-5,7-9,11H2,1H3,(H,18,19,21). The number of hydrogen-bond donors (Lipinski definition) is 1. The van der Waals surface area contributed by atoms with Crippen molar-refractivity contribution in [3.63, 3.8) is 0 Å². The quantitative estimate of drug-likeness (QED) is 0.915. The Balaban J connectivity index is 1.31. The molecule has 0 saturated carbocycles. The van der Waals surface area contributed by atoms with E-state index in [1.54, 1.807) is 12.5 Å². The van der Waals surface area contributed by atoms with Crippen LogP contribution in [0.4, 0.5) is 5.82 Å². The second-order valence-corrected chi connectivity index (χ2v) is 6.59. The second kappa shape index (κ2) is 6.86. The molecule has 1 N–H and O–H groups in total. The molecule has 0 aromatic carbocycles. The number of piperidine rings is 1. The molecule has 1 fully saturated rings. The van der Waals surface area contributed by atoms with E-state index in [0.717, 1.165) is 51.3 Å². The molecule has 2 aliphatic rings. The Kier molecular flexibility index (Phi) is 4.44. The van der Waals surface area contributed by atoms with E-state index in [4.69, 9.17) is 4.74 Å². The van der Waals surface area contributed by atoms with Crippen molar-refractivity contribution in [2.24, 2.45) is 7.05 Å². The number of nitrogens with zero attached hydrogens (tertiary/aromatic N) is 5. The van der Waals surface area contributed by atoms with Gasteiger partial charge in [0.25, 0.3) is 0 Å². The van der Waals surface area contributed by atoms with E-state index in [1.807, 2.05) is 24.0 Å². The van der Waals surface area contributed by atoms with Gasteiger partial charge in [-0.25, -0.2) is 9.97 Å². The largest absolute Gasteiger partial charge is 0.372 e. The lowest BCUT2D eigenvalue weighted by Crippen LogP contribution is -2.42. The number of nitrogens with one attached hydrogen (secondary N) is 1. The minimum absolute atomic E-state index is 0.161. The van der Waals surface area contributed by atoms with E-state index in [-0.39, 0.29) is 6.10 Å². The fourth-order valence-corrected chi connectivity index (χ4v) is 3.67. The van der Waals surface area contributed by atoms with Crippen LogP contribution in [-0.2, 0) is 18.2 Å². The van der Waals surface area contributed by atoms with E-state index >= 15 is 0 Å². The second-order valence-electron chi connectivity index (χ2n) is 6.59.